The van der Waals surface area contributed by atoms with Crippen molar-refractivity contribution < 1.29 is 8.42 Å². The van der Waals surface area contributed by atoms with Gasteiger partial charge in [0.25, 0.3) is 0 Å². The van der Waals surface area contributed by atoms with Crippen molar-refractivity contribution in [2.75, 3.05) is 5.75 Å². The molecule has 0 aliphatic heterocycles. The molecule has 1 aliphatic rings. The topological polar surface area (TPSA) is 59.1 Å². The normalized spacial score (nSPS) is 16.6. The third kappa shape index (κ3) is 3.26. The van der Waals surface area contributed by atoms with Crippen LogP contribution in [0.5, 0.6) is 0 Å². The quantitative estimate of drug-likeness (QED) is 0.849. The fourth-order valence-corrected chi connectivity index (χ4v) is 3.49. The number of hydrogen-bond donors (Lipinski definition) is 1. The highest BCUT2D eigenvalue weighted by molar-refractivity contribution is 7.89. The summed E-state index contributed by atoms with van der Waals surface area (Å²) < 4.78 is 25.4. The first-order valence-corrected chi connectivity index (χ1v) is 8.05. The van der Waals surface area contributed by atoms with Crippen LogP contribution in [0, 0.1) is 0 Å². The van der Waals surface area contributed by atoms with Gasteiger partial charge < -0.3 is 0 Å². The minimum Gasteiger partial charge on any atom is -0.245 e. The number of hydrogen-bond acceptors (Lipinski definition) is 4. The van der Waals surface area contributed by atoms with Gasteiger partial charge in [-0.05, 0) is 19.3 Å². The van der Waals surface area contributed by atoms with E-state index in [0.29, 0.717) is 18.9 Å². The van der Waals surface area contributed by atoms with Gasteiger partial charge in [0.15, 0.2) is 0 Å². The maximum Gasteiger partial charge on any atom is 0.211 e. The van der Waals surface area contributed by atoms with Crippen molar-refractivity contribution in [2.45, 2.75) is 38.6 Å². The van der Waals surface area contributed by atoms with Crippen molar-refractivity contribution in [3.8, 4) is 0 Å². The van der Waals surface area contributed by atoms with E-state index in [1.807, 2.05) is 12.3 Å². The third-order valence-corrected chi connectivity index (χ3v) is 5.03. The van der Waals surface area contributed by atoms with Gasteiger partial charge in [-0.15, -0.1) is 11.3 Å². The first-order chi connectivity index (χ1) is 7.61. The van der Waals surface area contributed by atoms with Crippen molar-refractivity contribution in [3.63, 3.8) is 0 Å². The highest BCUT2D eigenvalue weighted by Gasteiger charge is 2.26. The largest absolute Gasteiger partial charge is 0.245 e. The summed E-state index contributed by atoms with van der Waals surface area (Å²) in [6.45, 7) is 2.18. The fraction of sp³-hybridized carbons (Fsp3) is 0.700. The molecule has 0 bridgehead atoms. The second-order valence-electron chi connectivity index (χ2n) is 4.09. The Labute approximate surface area is 100 Å². The zero-order chi connectivity index (χ0) is 11.6. The van der Waals surface area contributed by atoms with Gasteiger partial charge >= 0.3 is 0 Å². The summed E-state index contributed by atoms with van der Waals surface area (Å²) in [6.07, 6.45) is 3.10. The Morgan fingerprint density at radius 1 is 1.56 bits per heavy atom. The molecule has 1 N–H and O–H groups in total. The summed E-state index contributed by atoms with van der Waals surface area (Å²) in [5.41, 5.74) is 0.839. The van der Waals surface area contributed by atoms with Gasteiger partial charge in [-0.2, -0.15) is 0 Å². The molecule has 1 aliphatic carbocycles. The monoisotopic (exact) mass is 260 g/mol. The number of nitrogens with zero attached hydrogens (tertiary/aromatic N) is 1. The second kappa shape index (κ2) is 4.81. The Morgan fingerprint density at radius 3 is 2.94 bits per heavy atom. The average molecular weight is 260 g/mol. The molecule has 0 amide bonds. The molecule has 6 heteroatoms. The van der Waals surface area contributed by atoms with Crippen molar-refractivity contribution in [3.05, 3.63) is 16.1 Å². The van der Waals surface area contributed by atoms with Crippen molar-refractivity contribution in [1.29, 1.82) is 0 Å². The van der Waals surface area contributed by atoms with E-state index in [9.17, 15) is 8.42 Å². The zero-order valence-electron chi connectivity index (χ0n) is 9.27. The fourth-order valence-electron chi connectivity index (χ4n) is 1.45. The summed E-state index contributed by atoms with van der Waals surface area (Å²) in [5, 5.41) is 3.10. The van der Waals surface area contributed by atoms with E-state index >= 15 is 0 Å². The SMILES string of the molecule is CCCS(=O)(=O)NCc1csc(C2CC2)n1. The van der Waals surface area contributed by atoms with Crippen LogP contribution in [0.3, 0.4) is 0 Å². The maximum atomic E-state index is 11.4. The van der Waals surface area contributed by atoms with Gasteiger partial charge in [0, 0.05) is 11.3 Å². The van der Waals surface area contributed by atoms with Crippen molar-refractivity contribution in [2.24, 2.45) is 0 Å². The van der Waals surface area contributed by atoms with E-state index < -0.39 is 10.0 Å². The summed E-state index contributed by atoms with van der Waals surface area (Å²) in [4.78, 5) is 4.43. The van der Waals surface area contributed by atoms with Gasteiger partial charge in [0.1, 0.15) is 0 Å². The van der Waals surface area contributed by atoms with E-state index in [4.69, 9.17) is 0 Å². The number of rotatable bonds is 6. The molecule has 0 saturated heterocycles. The molecule has 1 aromatic heterocycles. The van der Waals surface area contributed by atoms with E-state index in [2.05, 4.69) is 9.71 Å². The van der Waals surface area contributed by atoms with Crippen molar-refractivity contribution in [1.82, 2.24) is 9.71 Å². The number of sulfonamides is 1. The van der Waals surface area contributed by atoms with Gasteiger partial charge in [0.2, 0.25) is 10.0 Å². The average Bonchev–Trinajstić information content (AvgIpc) is 2.95. The maximum absolute atomic E-state index is 11.4. The third-order valence-electron chi connectivity index (χ3n) is 2.44. The van der Waals surface area contributed by atoms with Crippen LogP contribution in [0.4, 0.5) is 0 Å². The highest BCUT2D eigenvalue weighted by atomic mass is 32.2. The van der Waals surface area contributed by atoms with E-state index in [1.54, 1.807) is 11.3 Å². The summed E-state index contributed by atoms with van der Waals surface area (Å²) in [7, 11) is -3.11. The van der Waals surface area contributed by atoms with Crippen LogP contribution in [0.15, 0.2) is 5.38 Å². The van der Waals surface area contributed by atoms with Crippen LogP contribution in [-0.4, -0.2) is 19.2 Å². The number of nitrogens with one attached hydrogen (secondary N) is 1. The molecule has 0 radical (unpaired) electrons. The van der Waals surface area contributed by atoms with Crippen LogP contribution in [0.1, 0.15) is 42.8 Å². The molecule has 1 saturated carbocycles. The molecule has 0 atom stereocenters. The Bertz CT molecular complexity index is 449. The molecule has 0 spiro atoms. The lowest BCUT2D eigenvalue weighted by Gasteiger charge is -2.02. The van der Waals surface area contributed by atoms with Crippen LogP contribution in [0.25, 0.3) is 0 Å². The molecular formula is C10H16N2O2S2. The molecule has 2 rings (SSSR count). The molecule has 1 aromatic rings. The Kier molecular flexibility index (Phi) is 3.61. The lowest BCUT2D eigenvalue weighted by Crippen LogP contribution is -2.25. The smallest absolute Gasteiger partial charge is 0.211 e. The Morgan fingerprint density at radius 2 is 2.31 bits per heavy atom. The lowest BCUT2D eigenvalue weighted by molar-refractivity contribution is 0.579. The van der Waals surface area contributed by atoms with Crippen LogP contribution in [-0.2, 0) is 16.6 Å². The summed E-state index contributed by atoms with van der Waals surface area (Å²) in [6, 6.07) is 0. The van der Waals surface area contributed by atoms with E-state index in [-0.39, 0.29) is 5.75 Å². The highest BCUT2D eigenvalue weighted by Crippen LogP contribution is 2.41. The number of aromatic nitrogens is 1. The Balaban J connectivity index is 1.89. The second-order valence-corrected chi connectivity index (χ2v) is 6.91. The van der Waals surface area contributed by atoms with Gasteiger partial charge in [0.05, 0.1) is 23.0 Å². The summed E-state index contributed by atoms with van der Waals surface area (Å²) in [5.74, 6) is 0.832. The molecular weight excluding hydrogens is 244 g/mol. The molecule has 90 valence electrons. The first-order valence-electron chi connectivity index (χ1n) is 5.52. The first kappa shape index (κ1) is 12.0. The zero-order valence-corrected chi connectivity index (χ0v) is 10.9. The molecule has 16 heavy (non-hydrogen) atoms. The van der Waals surface area contributed by atoms with Gasteiger partial charge in [-0.3, -0.25) is 0 Å². The molecule has 1 heterocycles. The minimum absolute atomic E-state index is 0.187. The Hall–Kier alpha value is -0.460. The molecule has 0 aromatic carbocycles. The van der Waals surface area contributed by atoms with Crippen LogP contribution >= 0.6 is 11.3 Å². The molecule has 0 unspecified atom stereocenters. The lowest BCUT2D eigenvalue weighted by atomic mass is 10.4. The van der Waals surface area contributed by atoms with E-state index in [0.717, 1.165) is 10.7 Å². The molecule has 1 fully saturated rings. The van der Waals surface area contributed by atoms with Crippen LogP contribution < -0.4 is 4.72 Å². The molecule has 4 nitrogen and oxygen atoms in total. The minimum atomic E-state index is -3.11. The summed E-state index contributed by atoms with van der Waals surface area (Å²) >= 11 is 1.64. The number of thiazole rings is 1. The predicted octanol–water partition coefficient (Wildman–Crippen LogP) is 1.85. The predicted molar refractivity (Wildman–Crippen MR) is 65.0 cm³/mol. The van der Waals surface area contributed by atoms with Gasteiger partial charge in [-0.1, -0.05) is 6.92 Å². The van der Waals surface area contributed by atoms with Crippen LogP contribution in [0.2, 0.25) is 0 Å². The van der Waals surface area contributed by atoms with E-state index in [1.165, 1.54) is 12.8 Å². The standard InChI is InChI=1S/C10H16N2O2S2/c1-2-5-16(13,14)11-6-9-7-15-10(12-9)8-3-4-8/h7-8,11H,2-6H2,1H3. The van der Waals surface area contributed by atoms with Gasteiger partial charge in [-0.25, -0.2) is 18.1 Å². The van der Waals surface area contributed by atoms with Crippen molar-refractivity contribution >= 4 is 21.4 Å².